The second kappa shape index (κ2) is 5.17. The van der Waals surface area contributed by atoms with Crippen molar-refractivity contribution in [1.82, 2.24) is 5.32 Å². The van der Waals surface area contributed by atoms with Crippen molar-refractivity contribution in [1.29, 1.82) is 0 Å². The van der Waals surface area contributed by atoms with Gasteiger partial charge in [-0.1, -0.05) is 12.1 Å². The van der Waals surface area contributed by atoms with E-state index in [2.05, 4.69) is 38.2 Å². The van der Waals surface area contributed by atoms with Crippen LogP contribution in [0.5, 0.6) is 0 Å². The van der Waals surface area contributed by atoms with Gasteiger partial charge in [0, 0.05) is 6.54 Å². The van der Waals surface area contributed by atoms with E-state index in [1.165, 1.54) is 16.7 Å². The van der Waals surface area contributed by atoms with E-state index in [9.17, 15) is 4.79 Å². The molecule has 3 heteroatoms. The molecule has 0 radical (unpaired) electrons. The summed E-state index contributed by atoms with van der Waals surface area (Å²) in [6, 6.07) is 4.25. The fourth-order valence-corrected chi connectivity index (χ4v) is 1.55. The first-order chi connectivity index (χ1) is 7.04. The molecule has 2 nitrogen and oxygen atoms in total. The first-order valence-corrected chi connectivity index (χ1v) is 5.47. The molecule has 1 amide bonds. The normalized spacial score (nSPS) is 10.1. The number of hydrogen-bond donors (Lipinski definition) is 1. The molecule has 0 aromatic heterocycles. The number of amides is 1. The Bertz CT molecular complexity index is 374. The molecule has 0 fully saturated rings. The first-order valence-electron chi connectivity index (χ1n) is 4.94. The fourth-order valence-electron chi connectivity index (χ4n) is 1.45. The predicted molar refractivity (Wildman–Crippen MR) is 63.2 cm³/mol. The summed E-state index contributed by atoms with van der Waals surface area (Å²) in [4.78, 5) is 11.0. The van der Waals surface area contributed by atoms with Crippen LogP contribution >= 0.6 is 11.6 Å². The van der Waals surface area contributed by atoms with Crippen molar-refractivity contribution in [2.75, 3.05) is 5.88 Å². The van der Waals surface area contributed by atoms with Gasteiger partial charge in [0.2, 0.25) is 5.91 Å². The fraction of sp³-hybridized carbons (Fsp3) is 0.417. The van der Waals surface area contributed by atoms with Crippen molar-refractivity contribution in [2.24, 2.45) is 0 Å². The average Bonchev–Trinajstić information content (AvgIpc) is 2.21. The van der Waals surface area contributed by atoms with Gasteiger partial charge < -0.3 is 5.32 Å². The van der Waals surface area contributed by atoms with Crippen LogP contribution in [-0.2, 0) is 11.3 Å². The SMILES string of the molecule is Cc1cc(C)c(CNC(=O)CCl)cc1C. The number of alkyl halides is 1. The molecule has 0 aliphatic carbocycles. The van der Waals surface area contributed by atoms with Gasteiger partial charge >= 0.3 is 0 Å². The third-order valence-electron chi connectivity index (χ3n) is 2.55. The van der Waals surface area contributed by atoms with Crippen LogP contribution in [0.25, 0.3) is 0 Å². The molecule has 1 N–H and O–H groups in total. The van der Waals surface area contributed by atoms with Crippen LogP contribution in [0.15, 0.2) is 12.1 Å². The van der Waals surface area contributed by atoms with Crippen molar-refractivity contribution in [3.05, 3.63) is 34.4 Å². The molecule has 0 aliphatic heterocycles. The third kappa shape index (κ3) is 3.24. The zero-order valence-corrected chi connectivity index (χ0v) is 10.1. The van der Waals surface area contributed by atoms with Gasteiger partial charge in [-0.15, -0.1) is 11.6 Å². The second-order valence-corrected chi connectivity index (χ2v) is 4.04. The Morgan fingerprint density at radius 3 is 2.40 bits per heavy atom. The highest BCUT2D eigenvalue weighted by Gasteiger charge is 2.03. The van der Waals surface area contributed by atoms with E-state index in [4.69, 9.17) is 11.6 Å². The third-order valence-corrected chi connectivity index (χ3v) is 2.79. The number of carbonyl (C=O) groups excluding carboxylic acids is 1. The molecule has 0 unspecified atom stereocenters. The van der Waals surface area contributed by atoms with Gasteiger partial charge in [-0.05, 0) is 43.0 Å². The summed E-state index contributed by atoms with van der Waals surface area (Å²) in [5, 5.41) is 2.77. The minimum atomic E-state index is -0.130. The highest BCUT2D eigenvalue weighted by Crippen LogP contribution is 2.14. The topological polar surface area (TPSA) is 29.1 Å². The monoisotopic (exact) mass is 225 g/mol. The summed E-state index contributed by atoms with van der Waals surface area (Å²) in [6.45, 7) is 6.76. The maximum Gasteiger partial charge on any atom is 0.235 e. The predicted octanol–water partition coefficient (Wildman–Crippen LogP) is 2.47. The van der Waals surface area contributed by atoms with Crippen LogP contribution < -0.4 is 5.32 Å². The van der Waals surface area contributed by atoms with Crippen molar-refractivity contribution in [3.8, 4) is 0 Å². The number of hydrogen-bond acceptors (Lipinski definition) is 1. The molecule has 1 aromatic rings. The van der Waals surface area contributed by atoms with Gasteiger partial charge in [0.15, 0.2) is 0 Å². The summed E-state index contributed by atoms with van der Waals surface area (Å²) in [5.74, 6) is -0.113. The van der Waals surface area contributed by atoms with Gasteiger partial charge in [0.25, 0.3) is 0 Å². The number of nitrogens with one attached hydrogen (secondary N) is 1. The Kier molecular flexibility index (Phi) is 4.15. The first kappa shape index (κ1) is 12.1. The lowest BCUT2D eigenvalue weighted by Crippen LogP contribution is -2.24. The summed E-state index contributed by atoms with van der Waals surface area (Å²) in [7, 11) is 0. The lowest BCUT2D eigenvalue weighted by atomic mass is 10.0. The molecule has 0 atom stereocenters. The number of halogens is 1. The molecule has 0 spiro atoms. The molecular weight excluding hydrogens is 210 g/mol. The number of carbonyl (C=O) groups is 1. The van der Waals surface area contributed by atoms with Crippen LogP contribution in [0.1, 0.15) is 22.3 Å². The molecule has 0 saturated heterocycles. The molecule has 0 saturated carbocycles. The standard InChI is InChI=1S/C12H16ClNO/c1-8-4-10(3)11(5-9(8)2)7-14-12(15)6-13/h4-5H,6-7H2,1-3H3,(H,14,15). The summed E-state index contributed by atoms with van der Waals surface area (Å²) in [6.07, 6.45) is 0. The number of benzene rings is 1. The van der Waals surface area contributed by atoms with E-state index in [0.717, 1.165) is 5.56 Å². The second-order valence-electron chi connectivity index (χ2n) is 3.77. The summed E-state index contributed by atoms with van der Waals surface area (Å²) in [5.41, 5.74) is 4.88. The van der Waals surface area contributed by atoms with E-state index >= 15 is 0 Å². The lowest BCUT2D eigenvalue weighted by molar-refractivity contribution is -0.118. The Morgan fingerprint density at radius 1 is 1.20 bits per heavy atom. The largest absolute Gasteiger partial charge is 0.351 e. The quantitative estimate of drug-likeness (QED) is 0.787. The summed E-state index contributed by atoms with van der Waals surface area (Å²) < 4.78 is 0. The molecule has 15 heavy (non-hydrogen) atoms. The van der Waals surface area contributed by atoms with Crippen LogP contribution in [-0.4, -0.2) is 11.8 Å². The highest BCUT2D eigenvalue weighted by atomic mass is 35.5. The minimum absolute atomic E-state index is 0.0177. The zero-order chi connectivity index (χ0) is 11.4. The van der Waals surface area contributed by atoms with E-state index in [1.54, 1.807) is 0 Å². The average molecular weight is 226 g/mol. The van der Waals surface area contributed by atoms with Gasteiger partial charge in [0.05, 0.1) is 0 Å². The Hall–Kier alpha value is -1.02. The maximum absolute atomic E-state index is 11.0. The van der Waals surface area contributed by atoms with Crippen LogP contribution in [0.2, 0.25) is 0 Å². The van der Waals surface area contributed by atoms with Crippen LogP contribution in [0, 0.1) is 20.8 Å². The van der Waals surface area contributed by atoms with Crippen molar-refractivity contribution in [2.45, 2.75) is 27.3 Å². The van der Waals surface area contributed by atoms with E-state index in [-0.39, 0.29) is 11.8 Å². The van der Waals surface area contributed by atoms with E-state index < -0.39 is 0 Å². The van der Waals surface area contributed by atoms with E-state index in [0.29, 0.717) is 6.54 Å². The van der Waals surface area contributed by atoms with Gasteiger partial charge in [0.1, 0.15) is 5.88 Å². The minimum Gasteiger partial charge on any atom is -0.351 e. The molecule has 0 heterocycles. The molecule has 0 bridgehead atoms. The highest BCUT2D eigenvalue weighted by molar-refractivity contribution is 6.27. The lowest BCUT2D eigenvalue weighted by Gasteiger charge is -2.10. The van der Waals surface area contributed by atoms with Crippen molar-refractivity contribution >= 4 is 17.5 Å². The smallest absolute Gasteiger partial charge is 0.235 e. The molecular formula is C12H16ClNO. The maximum atomic E-state index is 11.0. The Labute approximate surface area is 95.6 Å². The van der Waals surface area contributed by atoms with Crippen molar-refractivity contribution in [3.63, 3.8) is 0 Å². The van der Waals surface area contributed by atoms with Crippen LogP contribution in [0.3, 0.4) is 0 Å². The van der Waals surface area contributed by atoms with Gasteiger partial charge in [-0.25, -0.2) is 0 Å². The number of aryl methyl sites for hydroxylation is 3. The van der Waals surface area contributed by atoms with E-state index in [1.807, 2.05) is 0 Å². The molecule has 82 valence electrons. The zero-order valence-electron chi connectivity index (χ0n) is 9.36. The van der Waals surface area contributed by atoms with Gasteiger partial charge in [-0.2, -0.15) is 0 Å². The molecule has 0 aliphatic rings. The van der Waals surface area contributed by atoms with Crippen molar-refractivity contribution < 1.29 is 4.79 Å². The number of rotatable bonds is 3. The molecule has 1 aromatic carbocycles. The summed E-state index contributed by atoms with van der Waals surface area (Å²) >= 11 is 5.40. The van der Waals surface area contributed by atoms with Gasteiger partial charge in [-0.3, -0.25) is 4.79 Å². The van der Waals surface area contributed by atoms with Crippen LogP contribution in [0.4, 0.5) is 0 Å². The Balaban J connectivity index is 2.77. The molecule has 1 rings (SSSR count). The Morgan fingerprint density at radius 2 is 1.80 bits per heavy atom.